The molecule has 18 heavy (non-hydrogen) atoms. The van der Waals surface area contributed by atoms with Crippen molar-refractivity contribution in [1.29, 1.82) is 0 Å². The van der Waals surface area contributed by atoms with Crippen LogP contribution in [0.1, 0.15) is 0 Å². The van der Waals surface area contributed by atoms with E-state index in [1.165, 1.54) is 36.5 Å². The topological polar surface area (TPSA) is 117 Å². The summed E-state index contributed by atoms with van der Waals surface area (Å²) in [6, 6.07) is 7.21. The molecule has 0 atom stereocenters. The Bertz CT molecular complexity index is 583. The second-order valence-corrected chi connectivity index (χ2v) is 3.50. The number of anilines is 2. The molecule has 0 fully saturated rings. The van der Waals surface area contributed by atoms with Crippen LogP contribution in [0.3, 0.4) is 0 Å². The highest BCUT2D eigenvalue weighted by Gasteiger charge is 2.06. The van der Waals surface area contributed by atoms with Crippen molar-refractivity contribution < 1.29 is 9.66 Å². The standard InChI is InChI=1S/C11H10N4O3/c12-10-5-9(6-14-11(10)13)18-8-3-1-7(2-4-8)15(16)17/h1-6H,12H2,(H2,13,14). The zero-order valence-electron chi connectivity index (χ0n) is 9.24. The fourth-order valence-corrected chi connectivity index (χ4v) is 1.30. The number of aromatic nitrogens is 1. The van der Waals surface area contributed by atoms with Gasteiger partial charge in [-0.1, -0.05) is 0 Å². The third-order valence-corrected chi connectivity index (χ3v) is 2.21. The molecule has 2 rings (SSSR count). The molecule has 2 aromatic rings. The van der Waals surface area contributed by atoms with Crippen LogP contribution in [0.25, 0.3) is 0 Å². The predicted molar refractivity (Wildman–Crippen MR) is 66.2 cm³/mol. The molecule has 7 nitrogen and oxygen atoms in total. The summed E-state index contributed by atoms with van der Waals surface area (Å²) in [5.74, 6) is 1.09. The van der Waals surface area contributed by atoms with Crippen LogP contribution in [-0.2, 0) is 0 Å². The summed E-state index contributed by atoms with van der Waals surface area (Å²) in [5, 5.41) is 10.5. The minimum atomic E-state index is -0.480. The van der Waals surface area contributed by atoms with Crippen LogP contribution in [0.5, 0.6) is 11.5 Å². The highest BCUT2D eigenvalue weighted by atomic mass is 16.6. The molecular weight excluding hydrogens is 236 g/mol. The lowest BCUT2D eigenvalue weighted by Gasteiger charge is -2.06. The summed E-state index contributed by atoms with van der Waals surface area (Å²) < 4.78 is 5.43. The molecule has 0 aliphatic carbocycles. The highest BCUT2D eigenvalue weighted by molar-refractivity contribution is 5.60. The smallest absolute Gasteiger partial charge is 0.269 e. The number of non-ortho nitro benzene ring substituents is 1. The van der Waals surface area contributed by atoms with Crippen LogP contribution in [-0.4, -0.2) is 9.91 Å². The Balaban J connectivity index is 2.18. The van der Waals surface area contributed by atoms with Gasteiger partial charge in [0.25, 0.3) is 5.69 Å². The van der Waals surface area contributed by atoms with Crippen molar-refractivity contribution in [2.45, 2.75) is 0 Å². The zero-order valence-corrected chi connectivity index (χ0v) is 9.24. The number of hydrogen-bond donors (Lipinski definition) is 2. The molecule has 0 saturated heterocycles. The van der Waals surface area contributed by atoms with E-state index in [1.54, 1.807) is 0 Å². The SMILES string of the molecule is Nc1cc(Oc2ccc([N+](=O)[O-])cc2)cnc1N. The zero-order chi connectivity index (χ0) is 13.1. The van der Waals surface area contributed by atoms with Crippen molar-refractivity contribution >= 4 is 17.2 Å². The van der Waals surface area contributed by atoms with Gasteiger partial charge in [-0.25, -0.2) is 4.98 Å². The molecule has 1 aromatic carbocycles. The van der Waals surface area contributed by atoms with Gasteiger partial charge in [-0.2, -0.15) is 0 Å². The number of hydrogen-bond acceptors (Lipinski definition) is 6. The monoisotopic (exact) mass is 246 g/mol. The van der Waals surface area contributed by atoms with Crippen molar-refractivity contribution in [2.24, 2.45) is 0 Å². The molecule has 0 amide bonds. The van der Waals surface area contributed by atoms with Crippen LogP contribution >= 0.6 is 0 Å². The van der Waals surface area contributed by atoms with Gasteiger partial charge in [-0.05, 0) is 12.1 Å². The number of nitro benzene ring substituents is 1. The molecule has 1 aromatic heterocycles. The van der Waals surface area contributed by atoms with Gasteiger partial charge in [0, 0.05) is 18.2 Å². The number of nitrogen functional groups attached to an aromatic ring is 2. The van der Waals surface area contributed by atoms with Crippen LogP contribution in [0.2, 0.25) is 0 Å². The van der Waals surface area contributed by atoms with E-state index in [-0.39, 0.29) is 11.5 Å². The molecule has 0 aliphatic heterocycles. The number of nitrogens with zero attached hydrogens (tertiary/aromatic N) is 2. The van der Waals surface area contributed by atoms with Gasteiger partial charge in [-0.3, -0.25) is 10.1 Å². The van der Waals surface area contributed by atoms with Crippen LogP contribution in [0.4, 0.5) is 17.2 Å². The number of nitrogens with two attached hydrogens (primary N) is 2. The van der Waals surface area contributed by atoms with Crippen molar-refractivity contribution in [2.75, 3.05) is 11.5 Å². The summed E-state index contributed by atoms with van der Waals surface area (Å²) in [4.78, 5) is 13.8. The number of benzene rings is 1. The quantitative estimate of drug-likeness (QED) is 0.631. The predicted octanol–water partition coefficient (Wildman–Crippen LogP) is 1.95. The number of pyridine rings is 1. The minimum Gasteiger partial charge on any atom is -0.456 e. The maximum Gasteiger partial charge on any atom is 0.269 e. The first-order valence-electron chi connectivity index (χ1n) is 4.99. The molecule has 0 unspecified atom stereocenters. The maximum atomic E-state index is 10.5. The number of nitro groups is 1. The lowest BCUT2D eigenvalue weighted by molar-refractivity contribution is -0.384. The van der Waals surface area contributed by atoms with Gasteiger partial charge in [0.15, 0.2) is 0 Å². The van der Waals surface area contributed by atoms with Gasteiger partial charge in [0.2, 0.25) is 0 Å². The summed E-state index contributed by atoms with van der Waals surface area (Å²) in [6.45, 7) is 0. The Morgan fingerprint density at radius 3 is 2.39 bits per heavy atom. The minimum absolute atomic E-state index is 0.00250. The summed E-state index contributed by atoms with van der Waals surface area (Å²) in [5.41, 5.74) is 11.4. The van der Waals surface area contributed by atoms with Crippen molar-refractivity contribution in [3.8, 4) is 11.5 Å². The van der Waals surface area contributed by atoms with Crippen molar-refractivity contribution in [1.82, 2.24) is 4.98 Å². The summed E-state index contributed by atoms with van der Waals surface area (Å²) in [6.07, 6.45) is 1.42. The lowest BCUT2D eigenvalue weighted by Crippen LogP contribution is -1.98. The molecule has 92 valence electrons. The van der Waals surface area contributed by atoms with E-state index in [2.05, 4.69) is 4.98 Å². The van der Waals surface area contributed by atoms with Crippen molar-refractivity contribution in [3.63, 3.8) is 0 Å². The first-order chi connectivity index (χ1) is 8.56. The molecule has 0 radical (unpaired) electrons. The maximum absolute atomic E-state index is 10.5. The van der Waals surface area contributed by atoms with Gasteiger partial charge < -0.3 is 16.2 Å². The van der Waals surface area contributed by atoms with Crippen molar-refractivity contribution in [3.05, 3.63) is 46.6 Å². The largest absolute Gasteiger partial charge is 0.456 e. The molecule has 0 aliphatic rings. The summed E-state index contributed by atoms with van der Waals surface area (Å²) >= 11 is 0. The first-order valence-corrected chi connectivity index (χ1v) is 4.99. The van der Waals surface area contributed by atoms with Gasteiger partial charge >= 0.3 is 0 Å². The molecule has 0 saturated carbocycles. The fourth-order valence-electron chi connectivity index (χ4n) is 1.30. The first kappa shape index (κ1) is 11.6. The molecule has 0 spiro atoms. The number of ether oxygens (including phenoxy) is 1. The average Bonchev–Trinajstić information content (AvgIpc) is 2.34. The molecular formula is C11H10N4O3. The Morgan fingerprint density at radius 2 is 1.83 bits per heavy atom. The Hall–Kier alpha value is -2.83. The van der Waals surface area contributed by atoms with E-state index in [1.807, 2.05) is 0 Å². The van der Waals surface area contributed by atoms with Crippen LogP contribution < -0.4 is 16.2 Å². The third-order valence-electron chi connectivity index (χ3n) is 2.21. The van der Waals surface area contributed by atoms with Gasteiger partial charge in [-0.15, -0.1) is 0 Å². The molecule has 1 heterocycles. The Morgan fingerprint density at radius 1 is 1.17 bits per heavy atom. The van der Waals surface area contributed by atoms with E-state index in [0.29, 0.717) is 17.2 Å². The third kappa shape index (κ3) is 2.46. The van der Waals surface area contributed by atoms with Crippen LogP contribution in [0, 0.1) is 10.1 Å². The van der Waals surface area contributed by atoms with E-state index >= 15 is 0 Å². The second kappa shape index (κ2) is 4.58. The van der Waals surface area contributed by atoms with E-state index < -0.39 is 4.92 Å². The highest BCUT2D eigenvalue weighted by Crippen LogP contribution is 2.25. The Labute approximate surface area is 102 Å². The van der Waals surface area contributed by atoms with Gasteiger partial charge in [0.1, 0.15) is 17.3 Å². The molecule has 4 N–H and O–H groups in total. The molecule has 7 heteroatoms. The average molecular weight is 246 g/mol. The van der Waals surface area contributed by atoms with E-state index in [0.717, 1.165) is 0 Å². The van der Waals surface area contributed by atoms with E-state index in [9.17, 15) is 10.1 Å². The van der Waals surface area contributed by atoms with Gasteiger partial charge in [0.05, 0.1) is 16.8 Å². The number of rotatable bonds is 3. The molecule has 0 bridgehead atoms. The Kier molecular flexibility index (Phi) is 2.96. The lowest BCUT2D eigenvalue weighted by atomic mass is 10.3. The fraction of sp³-hybridized carbons (Fsp3) is 0. The van der Waals surface area contributed by atoms with E-state index in [4.69, 9.17) is 16.2 Å². The second-order valence-electron chi connectivity index (χ2n) is 3.50. The summed E-state index contributed by atoms with van der Waals surface area (Å²) in [7, 11) is 0. The normalized spacial score (nSPS) is 10.0. The van der Waals surface area contributed by atoms with Crippen LogP contribution in [0.15, 0.2) is 36.5 Å².